The fraction of sp³-hybridized carbons (Fsp3) is 0.429. The second kappa shape index (κ2) is 9.28. The number of rotatable bonds is 9. The highest BCUT2D eigenvalue weighted by molar-refractivity contribution is 6.62. The minimum absolute atomic E-state index is 0.0151. The van der Waals surface area contributed by atoms with Crippen LogP contribution in [0.25, 0.3) is 0 Å². The number of benzene rings is 1. The lowest BCUT2D eigenvalue weighted by molar-refractivity contribution is -0.136. The van der Waals surface area contributed by atoms with Crippen molar-refractivity contribution in [3.8, 4) is 0 Å². The third kappa shape index (κ3) is 6.07. The lowest BCUT2D eigenvalue weighted by Crippen LogP contribution is -2.40. The Morgan fingerprint density at radius 2 is 2.05 bits per heavy atom. The Balaban J connectivity index is 2.61. The number of nitrogens with zero attached hydrogens (tertiary/aromatic N) is 1. The molecule has 0 atom stereocenters. The third-order valence-electron chi connectivity index (χ3n) is 2.89. The van der Waals surface area contributed by atoms with E-state index in [0.29, 0.717) is 11.9 Å². The number of aldehydes is 1. The Kier molecular flexibility index (Phi) is 7.67. The maximum absolute atomic E-state index is 11.7. The fourth-order valence-electron chi connectivity index (χ4n) is 1.79. The van der Waals surface area contributed by atoms with E-state index in [-0.39, 0.29) is 19.7 Å². The molecule has 7 heteroatoms. The van der Waals surface area contributed by atoms with E-state index >= 15 is 0 Å². The van der Waals surface area contributed by atoms with Gasteiger partial charge in [-0.1, -0.05) is 24.3 Å². The van der Waals surface area contributed by atoms with Crippen LogP contribution in [0.15, 0.2) is 24.3 Å². The van der Waals surface area contributed by atoms with Gasteiger partial charge in [0.1, 0.15) is 6.29 Å². The van der Waals surface area contributed by atoms with Gasteiger partial charge >= 0.3 is 13.1 Å². The SMILES string of the molecule is COB(OC(=O)CN(C)CC=O)c1ccc(CCO)cc1. The fourth-order valence-corrected chi connectivity index (χ4v) is 1.79. The van der Waals surface area contributed by atoms with Crippen molar-refractivity contribution in [2.45, 2.75) is 6.42 Å². The molecule has 21 heavy (non-hydrogen) atoms. The van der Waals surface area contributed by atoms with Crippen molar-refractivity contribution in [2.75, 3.05) is 33.9 Å². The summed E-state index contributed by atoms with van der Waals surface area (Å²) >= 11 is 0. The first-order chi connectivity index (χ1) is 10.1. The molecule has 0 radical (unpaired) electrons. The second-order valence-electron chi connectivity index (χ2n) is 4.64. The predicted octanol–water partition coefficient (Wildman–Crippen LogP) is -0.763. The van der Waals surface area contributed by atoms with E-state index in [1.165, 1.54) is 7.11 Å². The zero-order valence-corrected chi connectivity index (χ0v) is 12.3. The summed E-state index contributed by atoms with van der Waals surface area (Å²) in [4.78, 5) is 23.6. The van der Waals surface area contributed by atoms with Crippen LogP contribution >= 0.6 is 0 Å². The lowest BCUT2D eigenvalue weighted by Gasteiger charge is -2.16. The van der Waals surface area contributed by atoms with Crippen LogP contribution in [0, 0.1) is 0 Å². The highest BCUT2D eigenvalue weighted by Gasteiger charge is 2.25. The molecule has 0 fully saturated rings. The smallest absolute Gasteiger partial charge is 0.505 e. The van der Waals surface area contributed by atoms with Crippen LogP contribution in [0.3, 0.4) is 0 Å². The molecule has 0 heterocycles. The molecule has 114 valence electrons. The molecule has 0 amide bonds. The van der Waals surface area contributed by atoms with Gasteiger partial charge < -0.3 is 19.2 Å². The van der Waals surface area contributed by atoms with Gasteiger partial charge in [0.05, 0.1) is 13.1 Å². The van der Waals surface area contributed by atoms with Gasteiger partial charge in [0.15, 0.2) is 0 Å². The molecule has 0 aromatic heterocycles. The first kappa shape index (κ1) is 17.4. The van der Waals surface area contributed by atoms with Crippen molar-refractivity contribution >= 4 is 24.8 Å². The number of carbonyl (C=O) groups excluding carboxylic acids is 2. The van der Waals surface area contributed by atoms with Crippen LogP contribution in [-0.2, 0) is 25.3 Å². The molecule has 0 bridgehead atoms. The standard InChI is InChI=1S/C14H20BNO5/c1-16(8-10-18)11-14(19)21-15(20-2)13-5-3-12(4-6-13)7-9-17/h3-6,10,17H,7-9,11H2,1-2H3. The number of likely N-dealkylation sites (N-methyl/N-ethyl adjacent to an activating group) is 1. The van der Waals surface area contributed by atoms with Crippen LogP contribution in [0.1, 0.15) is 5.56 Å². The lowest BCUT2D eigenvalue weighted by atomic mass is 9.78. The summed E-state index contributed by atoms with van der Waals surface area (Å²) in [6, 6.07) is 7.29. The zero-order valence-electron chi connectivity index (χ0n) is 12.3. The molecule has 0 saturated carbocycles. The average molecular weight is 293 g/mol. The minimum atomic E-state index is -0.787. The molecule has 0 aliphatic carbocycles. The Morgan fingerprint density at radius 1 is 1.38 bits per heavy atom. The summed E-state index contributed by atoms with van der Waals surface area (Å²) in [5, 5.41) is 8.87. The van der Waals surface area contributed by atoms with E-state index in [0.717, 1.165) is 11.8 Å². The first-order valence-corrected chi connectivity index (χ1v) is 6.64. The van der Waals surface area contributed by atoms with Gasteiger partial charge in [0.2, 0.25) is 0 Å². The van der Waals surface area contributed by atoms with Crippen LogP contribution in [0.2, 0.25) is 0 Å². The highest BCUT2D eigenvalue weighted by atomic mass is 16.6. The van der Waals surface area contributed by atoms with Gasteiger partial charge in [0.25, 0.3) is 0 Å². The van der Waals surface area contributed by atoms with Crippen molar-refractivity contribution < 1.29 is 24.0 Å². The van der Waals surface area contributed by atoms with Gasteiger partial charge in [0, 0.05) is 13.7 Å². The largest absolute Gasteiger partial charge is 0.564 e. The molecule has 1 aromatic carbocycles. The molecule has 1 aromatic rings. The van der Waals surface area contributed by atoms with E-state index < -0.39 is 13.1 Å². The van der Waals surface area contributed by atoms with Crippen LogP contribution in [0.5, 0.6) is 0 Å². The number of aliphatic hydroxyl groups is 1. The van der Waals surface area contributed by atoms with E-state index in [2.05, 4.69) is 0 Å². The van der Waals surface area contributed by atoms with E-state index in [1.54, 1.807) is 24.1 Å². The highest BCUT2D eigenvalue weighted by Crippen LogP contribution is 2.00. The van der Waals surface area contributed by atoms with Crippen molar-refractivity contribution in [1.29, 1.82) is 0 Å². The minimum Gasteiger partial charge on any atom is -0.505 e. The molecule has 0 aliphatic rings. The maximum atomic E-state index is 11.7. The number of hydrogen-bond donors (Lipinski definition) is 1. The summed E-state index contributed by atoms with van der Waals surface area (Å²) < 4.78 is 10.4. The third-order valence-corrected chi connectivity index (χ3v) is 2.89. The Labute approximate surface area is 124 Å². The van der Waals surface area contributed by atoms with E-state index in [1.807, 2.05) is 12.1 Å². The summed E-state index contributed by atoms with van der Waals surface area (Å²) in [7, 11) is 2.32. The molecular weight excluding hydrogens is 273 g/mol. The van der Waals surface area contributed by atoms with Crippen molar-refractivity contribution in [1.82, 2.24) is 4.90 Å². The molecule has 1 N–H and O–H groups in total. The number of aliphatic hydroxyl groups excluding tert-OH is 1. The van der Waals surface area contributed by atoms with E-state index in [4.69, 9.17) is 14.4 Å². The van der Waals surface area contributed by atoms with Gasteiger partial charge in [-0.25, -0.2) is 0 Å². The van der Waals surface area contributed by atoms with Gasteiger partial charge in [-0.15, -0.1) is 0 Å². The summed E-state index contributed by atoms with van der Waals surface area (Å²) in [5.74, 6) is -0.467. The molecule has 0 saturated heterocycles. The van der Waals surface area contributed by atoms with Crippen LogP contribution < -0.4 is 5.46 Å². The molecule has 6 nitrogen and oxygen atoms in total. The second-order valence-corrected chi connectivity index (χ2v) is 4.64. The topological polar surface area (TPSA) is 76.1 Å². The van der Waals surface area contributed by atoms with Crippen molar-refractivity contribution in [2.24, 2.45) is 0 Å². The monoisotopic (exact) mass is 293 g/mol. The number of hydrogen-bond acceptors (Lipinski definition) is 6. The van der Waals surface area contributed by atoms with E-state index in [9.17, 15) is 9.59 Å². The Hall–Kier alpha value is -1.70. The number of carbonyl (C=O) groups is 2. The molecule has 0 unspecified atom stereocenters. The maximum Gasteiger partial charge on any atom is 0.564 e. The molecule has 0 spiro atoms. The quantitative estimate of drug-likeness (QED) is 0.476. The van der Waals surface area contributed by atoms with Crippen LogP contribution in [-0.4, -0.2) is 63.2 Å². The molecule has 0 aliphatic heterocycles. The summed E-state index contributed by atoms with van der Waals surface area (Å²) in [5.41, 5.74) is 1.71. The summed E-state index contributed by atoms with van der Waals surface area (Å²) in [6.07, 6.45) is 1.30. The average Bonchev–Trinajstić information content (AvgIpc) is 2.46. The summed E-state index contributed by atoms with van der Waals surface area (Å²) in [6.45, 7) is 0.273. The van der Waals surface area contributed by atoms with Gasteiger partial charge in [-0.2, -0.15) is 0 Å². The van der Waals surface area contributed by atoms with Gasteiger partial charge in [-0.3, -0.25) is 9.69 Å². The normalized spacial score (nSPS) is 10.5. The van der Waals surface area contributed by atoms with Crippen LogP contribution in [0.4, 0.5) is 0 Å². The molecular formula is C14H20BNO5. The van der Waals surface area contributed by atoms with Gasteiger partial charge in [-0.05, 0) is 24.5 Å². The molecule has 1 rings (SSSR count). The zero-order chi connectivity index (χ0) is 15.7. The predicted molar refractivity (Wildman–Crippen MR) is 79.3 cm³/mol. The first-order valence-electron chi connectivity index (χ1n) is 6.64. The van der Waals surface area contributed by atoms with Crippen molar-refractivity contribution in [3.05, 3.63) is 29.8 Å². The van der Waals surface area contributed by atoms with Crippen molar-refractivity contribution in [3.63, 3.8) is 0 Å². The Bertz CT molecular complexity index is 451. The Morgan fingerprint density at radius 3 is 2.57 bits per heavy atom.